The minimum atomic E-state index is -0.887. The normalized spacial score (nSPS) is 23.4. The van der Waals surface area contributed by atoms with Crippen molar-refractivity contribution < 1.29 is 14.7 Å². The van der Waals surface area contributed by atoms with E-state index in [-0.39, 0.29) is 24.5 Å². The van der Waals surface area contributed by atoms with Crippen molar-refractivity contribution in [2.45, 2.75) is 25.7 Å². The fraction of sp³-hybridized carbons (Fsp3) is 0.800. The van der Waals surface area contributed by atoms with E-state index >= 15 is 0 Å². The molecule has 1 rings (SSSR count). The van der Waals surface area contributed by atoms with E-state index in [4.69, 9.17) is 5.11 Å². The molecule has 4 heteroatoms. The highest BCUT2D eigenvalue weighted by Crippen LogP contribution is 2.17. The Morgan fingerprint density at radius 1 is 1.43 bits per heavy atom. The Morgan fingerprint density at radius 2 is 2.14 bits per heavy atom. The number of carboxylic acids is 1. The van der Waals surface area contributed by atoms with E-state index < -0.39 is 5.97 Å². The number of ketones is 1. The fourth-order valence-electron chi connectivity index (χ4n) is 1.86. The first-order valence-electron chi connectivity index (χ1n) is 5.02. The molecule has 0 bridgehead atoms. The molecule has 1 aliphatic heterocycles. The Hall–Kier alpha value is -0.900. The van der Waals surface area contributed by atoms with Gasteiger partial charge in [0.15, 0.2) is 0 Å². The quantitative estimate of drug-likeness (QED) is 0.726. The van der Waals surface area contributed by atoms with Gasteiger partial charge in [-0.05, 0) is 26.4 Å². The summed E-state index contributed by atoms with van der Waals surface area (Å²) in [4.78, 5) is 24.0. The lowest BCUT2D eigenvalue weighted by atomic mass is 9.92. The summed E-state index contributed by atoms with van der Waals surface area (Å²) in [7, 11) is 2.00. The van der Waals surface area contributed by atoms with Crippen LogP contribution in [0.4, 0.5) is 0 Å². The second-order valence-electron chi connectivity index (χ2n) is 3.96. The van der Waals surface area contributed by atoms with Crippen LogP contribution in [0.2, 0.25) is 0 Å². The molecule has 4 nitrogen and oxygen atoms in total. The van der Waals surface area contributed by atoms with Crippen LogP contribution in [0, 0.1) is 5.92 Å². The molecule has 1 heterocycles. The van der Waals surface area contributed by atoms with Gasteiger partial charge in [0.1, 0.15) is 5.78 Å². The molecule has 1 saturated heterocycles. The van der Waals surface area contributed by atoms with Gasteiger partial charge in [-0.15, -0.1) is 0 Å². The first-order valence-corrected chi connectivity index (χ1v) is 5.02. The van der Waals surface area contributed by atoms with Crippen molar-refractivity contribution in [1.29, 1.82) is 0 Å². The number of carboxylic acid groups (broad SMARTS) is 1. The average molecular weight is 199 g/mol. The predicted octanol–water partition coefficient (Wildman–Crippen LogP) is 0.762. The molecule has 0 radical (unpaired) electrons. The maximum Gasteiger partial charge on any atom is 0.303 e. The van der Waals surface area contributed by atoms with Gasteiger partial charge in [0, 0.05) is 18.9 Å². The zero-order chi connectivity index (χ0) is 10.6. The summed E-state index contributed by atoms with van der Waals surface area (Å²) < 4.78 is 0. The molecule has 0 spiro atoms. The third-order valence-electron chi connectivity index (χ3n) is 2.67. The molecule has 0 aliphatic carbocycles. The van der Waals surface area contributed by atoms with Gasteiger partial charge in [0.25, 0.3) is 0 Å². The van der Waals surface area contributed by atoms with Crippen molar-refractivity contribution in [3.63, 3.8) is 0 Å². The predicted molar refractivity (Wildman–Crippen MR) is 52.1 cm³/mol. The van der Waals surface area contributed by atoms with E-state index in [0.717, 1.165) is 25.9 Å². The summed E-state index contributed by atoms with van der Waals surface area (Å²) in [6.07, 6.45) is 2.12. The molecule has 1 fully saturated rings. The van der Waals surface area contributed by atoms with Crippen LogP contribution in [0.15, 0.2) is 0 Å². The summed E-state index contributed by atoms with van der Waals surface area (Å²) in [5.41, 5.74) is 0. The molecule has 1 aliphatic rings. The molecule has 14 heavy (non-hydrogen) atoms. The van der Waals surface area contributed by atoms with Gasteiger partial charge >= 0.3 is 5.97 Å². The van der Waals surface area contributed by atoms with Crippen molar-refractivity contribution in [1.82, 2.24) is 4.90 Å². The van der Waals surface area contributed by atoms with Gasteiger partial charge in [0.05, 0.1) is 6.42 Å². The van der Waals surface area contributed by atoms with E-state index in [1.165, 1.54) is 0 Å². The van der Waals surface area contributed by atoms with Gasteiger partial charge in [-0.25, -0.2) is 0 Å². The average Bonchev–Trinajstić information content (AvgIpc) is 2.14. The topological polar surface area (TPSA) is 57.6 Å². The summed E-state index contributed by atoms with van der Waals surface area (Å²) in [5, 5.41) is 8.45. The lowest BCUT2D eigenvalue weighted by Gasteiger charge is -2.28. The van der Waals surface area contributed by atoms with Crippen LogP contribution in [0.3, 0.4) is 0 Å². The van der Waals surface area contributed by atoms with Gasteiger partial charge < -0.3 is 10.0 Å². The zero-order valence-corrected chi connectivity index (χ0v) is 8.53. The monoisotopic (exact) mass is 199 g/mol. The number of aliphatic carboxylic acids is 1. The fourth-order valence-corrected chi connectivity index (χ4v) is 1.86. The Labute approximate surface area is 83.9 Å². The molecular formula is C10H17NO3. The highest BCUT2D eigenvalue weighted by atomic mass is 16.4. The van der Waals surface area contributed by atoms with E-state index in [2.05, 4.69) is 4.90 Å². The second-order valence-corrected chi connectivity index (χ2v) is 3.96. The van der Waals surface area contributed by atoms with Crippen molar-refractivity contribution in [3.05, 3.63) is 0 Å². The number of rotatable bonds is 4. The molecule has 0 aromatic rings. The first kappa shape index (κ1) is 11.2. The molecule has 80 valence electrons. The van der Waals surface area contributed by atoms with Crippen molar-refractivity contribution >= 4 is 11.8 Å². The minimum absolute atomic E-state index is 0.0287. The Morgan fingerprint density at radius 3 is 2.71 bits per heavy atom. The third kappa shape index (κ3) is 3.46. The smallest absolute Gasteiger partial charge is 0.303 e. The van der Waals surface area contributed by atoms with E-state index in [0.29, 0.717) is 0 Å². The summed E-state index contributed by atoms with van der Waals surface area (Å²) in [5.74, 6) is -0.713. The lowest BCUT2D eigenvalue weighted by Crippen LogP contribution is -2.36. The van der Waals surface area contributed by atoms with Gasteiger partial charge in [0.2, 0.25) is 0 Å². The highest BCUT2D eigenvalue weighted by Gasteiger charge is 2.23. The number of Topliss-reactive ketones (excluding diaryl/α,β-unsaturated/α-hetero) is 1. The second kappa shape index (κ2) is 5.10. The molecule has 0 aromatic heterocycles. The van der Waals surface area contributed by atoms with Crippen LogP contribution in [-0.4, -0.2) is 41.9 Å². The number of likely N-dealkylation sites (tertiary alicyclic amines) is 1. The number of carbonyl (C=O) groups is 2. The zero-order valence-electron chi connectivity index (χ0n) is 8.53. The van der Waals surface area contributed by atoms with Crippen LogP contribution >= 0.6 is 0 Å². The van der Waals surface area contributed by atoms with E-state index in [1.807, 2.05) is 7.05 Å². The van der Waals surface area contributed by atoms with Crippen LogP contribution in [0.5, 0.6) is 0 Å². The van der Waals surface area contributed by atoms with Crippen molar-refractivity contribution in [3.8, 4) is 0 Å². The largest absolute Gasteiger partial charge is 0.481 e. The molecule has 1 unspecified atom stereocenters. The van der Waals surface area contributed by atoms with Gasteiger partial charge in [-0.2, -0.15) is 0 Å². The summed E-state index contributed by atoms with van der Waals surface area (Å²) in [6, 6.07) is 0. The van der Waals surface area contributed by atoms with Crippen molar-refractivity contribution in [2.75, 3.05) is 20.1 Å². The Bertz CT molecular complexity index is 227. The maximum atomic E-state index is 11.6. The van der Waals surface area contributed by atoms with Gasteiger partial charge in [-0.3, -0.25) is 9.59 Å². The molecule has 1 N–H and O–H groups in total. The van der Waals surface area contributed by atoms with Crippen LogP contribution in [0.25, 0.3) is 0 Å². The molecular weight excluding hydrogens is 182 g/mol. The number of hydrogen-bond donors (Lipinski definition) is 1. The van der Waals surface area contributed by atoms with E-state index in [9.17, 15) is 9.59 Å². The summed E-state index contributed by atoms with van der Waals surface area (Å²) in [6.45, 7) is 1.83. The number of carbonyl (C=O) groups excluding carboxylic acids is 1. The van der Waals surface area contributed by atoms with Gasteiger partial charge in [-0.1, -0.05) is 0 Å². The molecule has 0 amide bonds. The highest BCUT2D eigenvalue weighted by molar-refractivity contribution is 5.84. The summed E-state index contributed by atoms with van der Waals surface area (Å²) >= 11 is 0. The van der Waals surface area contributed by atoms with Crippen LogP contribution in [-0.2, 0) is 9.59 Å². The SMILES string of the molecule is CN1CCCC(C(=O)CCC(=O)O)C1. The Balaban J connectivity index is 2.32. The maximum absolute atomic E-state index is 11.6. The molecule has 1 atom stereocenters. The standard InChI is InChI=1S/C10H17NO3/c1-11-6-2-3-8(7-11)9(12)4-5-10(13)14/h8H,2-7H2,1H3,(H,13,14). The number of piperidine rings is 1. The number of nitrogens with zero attached hydrogens (tertiary/aromatic N) is 1. The third-order valence-corrected chi connectivity index (χ3v) is 2.67. The molecule has 0 saturated carbocycles. The van der Waals surface area contributed by atoms with Crippen LogP contribution in [0.1, 0.15) is 25.7 Å². The first-order chi connectivity index (χ1) is 6.59. The molecule has 0 aromatic carbocycles. The van der Waals surface area contributed by atoms with Crippen molar-refractivity contribution in [2.24, 2.45) is 5.92 Å². The number of hydrogen-bond acceptors (Lipinski definition) is 3. The van der Waals surface area contributed by atoms with Crippen LogP contribution < -0.4 is 0 Å². The Kier molecular flexibility index (Phi) is 4.07. The lowest BCUT2D eigenvalue weighted by molar-refractivity contribution is -0.139. The minimum Gasteiger partial charge on any atom is -0.481 e. The van der Waals surface area contributed by atoms with E-state index in [1.54, 1.807) is 0 Å².